The maximum atomic E-state index is 5.28. The molecule has 1 rings (SSSR count). The molecule has 17 heavy (non-hydrogen) atoms. The maximum Gasteiger partial charge on any atom is 0.0810 e. The summed E-state index contributed by atoms with van der Waals surface area (Å²) >= 11 is 0. The van der Waals surface area contributed by atoms with Gasteiger partial charge in [0, 0.05) is 0 Å². The van der Waals surface area contributed by atoms with Crippen LogP contribution in [-0.4, -0.2) is 12.7 Å². The molecule has 0 radical (unpaired) electrons. The lowest BCUT2D eigenvalue weighted by Crippen LogP contribution is -2.01. The van der Waals surface area contributed by atoms with Gasteiger partial charge in [0.1, 0.15) is 0 Å². The summed E-state index contributed by atoms with van der Waals surface area (Å²) < 4.78 is 5.28. The standard InChI is InChI=1S/C16H32O/c1-3-5-6-7-8-11-15(10-4-2)12-9-13-16-14-17-16/h15-16H,3-14H2,1-2H3. The van der Waals surface area contributed by atoms with E-state index >= 15 is 0 Å². The average Bonchev–Trinajstić information content (AvgIpc) is 3.13. The van der Waals surface area contributed by atoms with Crippen molar-refractivity contribution in [2.75, 3.05) is 6.61 Å². The van der Waals surface area contributed by atoms with E-state index in [1.165, 1.54) is 70.6 Å². The van der Waals surface area contributed by atoms with Crippen molar-refractivity contribution in [3.63, 3.8) is 0 Å². The molecule has 2 atom stereocenters. The Morgan fingerprint density at radius 3 is 2.24 bits per heavy atom. The van der Waals surface area contributed by atoms with Crippen LogP contribution in [0.4, 0.5) is 0 Å². The molecule has 0 aromatic heterocycles. The minimum Gasteiger partial charge on any atom is -0.373 e. The average molecular weight is 240 g/mol. The van der Waals surface area contributed by atoms with Crippen LogP contribution in [0.3, 0.4) is 0 Å². The minimum atomic E-state index is 0.641. The minimum absolute atomic E-state index is 0.641. The zero-order valence-corrected chi connectivity index (χ0v) is 12.0. The molecular formula is C16H32O. The fourth-order valence-corrected chi connectivity index (χ4v) is 2.75. The smallest absolute Gasteiger partial charge is 0.0810 e. The van der Waals surface area contributed by atoms with Crippen LogP contribution < -0.4 is 0 Å². The number of hydrogen-bond acceptors (Lipinski definition) is 1. The van der Waals surface area contributed by atoms with Crippen LogP contribution in [0.2, 0.25) is 0 Å². The summed E-state index contributed by atoms with van der Waals surface area (Å²) in [5.41, 5.74) is 0. The fourth-order valence-electron chi connectivity index (χ4n) is 2.75. The maximum absolute atomic E-state index is 5.28. The van der Waals surface area contributed by atoms with Crippen molar-refractivity contribution >= 4 is 0 Å². The highest BCUT2D eigenvalue weighted by molar-refractivity contribution is 4.70. The highest BCUT2D eigenvalue weighted by atomic mass is 16.6. The molecule has 1 saturated heterocycles. The predicted octanol–water partition coefficient (Wildman–Crippen LogP) is 5.33. The number of ether oxygens (including phenoxy) is 1. The lowest BCUT2D eigenvalue weighted by molar-refractivity contribution is 0.351. The SMILES string of the molecule is CCCCCCCC(CCC)CCCC1CO1. The lowest BCUT2D eigenvalue weighted by atomic mass is 9.91. The second-order valence-corrected chi connectivity index (χ2v) is 5.74. The molecule has 102 valence electrons. The molecule has 1 heteroatoms. The molecule has 2 unspecified atom stereocenters. The first kappa shape index (κ1) is 15.0. The number of rotatable bonds is 12. The van der Waals surface area contributed by atoms with Crippen molar-refractivity contribution in [1.29, 1.82) is 0 Å². The van der Waals surface area contributed by atoms with Crippen molar-refractivity contribution in [2.45, 2.75) is 90.6 Å². The Hall–Kier alpha value is -0.0400. The summed E-state index contributed by atoms with van der Waals surface area (Å²) in [4.78, 5) is 0. The van der Waals surface area contributed by atoms with Gasteiger partial charge in [-0.1, -0.05) is 78.1 Å². The van der Waals surface area contributed by atoms with Crippen LogP contribution in [0.15, 0.2) is 0 Å². The van der Waals surface area contributed by atoms with Crippen LogP contribution in [-0.2, 0) is 4.74 Å². The Morgan fingerprint density at radius 2 is 1.59 bits per heavy atom. The van der Waals surface area contributed by atoms with E-state index in [1.54, 1.807) is 0 Å². The molecule has 0 bridgehead atoms. The molecule has 0 aromatic carbocycles. The molecule has 1 nitrogen and oxygen atoms in total. The van der Waals surface area contributed by atoms with E-state index in [2.05, 4.69) is 13.8 Å². The van der Waals surface area contributed by atoms with Crippen LogP contribution in [0.1, 0.15) is 84.5 Å². The Bertz CT molecular complexity index is 163. The van der Waals surface area contributed by atoms with Gasteiger partial charge < -0.3 is 4.74 Å². The molecule has 0 N–H and O–H groups in total. The first-order valence-electron chi connectivity index (χ1n) is 7.98. The summed E-state index contributed by atoms with van der Waals surface area (Å²) in [6.07, 6.45) is 16.2. The highest BCUT2D eigenvalue weighted by Gasteiger charge is 2.21. The van der Waals surface area contributed by atoms with Crippen LogP contribution >= 0.6 is 0 Å². The van der Waals surface area contributed by atoms with E-state index < -0.39 is 0 Å². The molecule has 0 aromatic rings. The van der Waals surface area contributed by atoms with E-state index in [-0.39, 0.29) is 0 Å². The third kappa shape index (κ3) is 8.65. The van der Waals surface area contributed by atoms with Gasteiger partial charge in [-0.3, -0.25) is 0 Å². The van der Waals surface area contributed by atoms with Crippen LogP contribution in [0.25, 0.3) is 0 Å². The van der Waals surface area contributed by atoms with Crippen molar-refractivity contribution in [3.05, 3.63) is 0 Å². The lowest BCUT2D eigenvalue weighted by Gasteiger charge is -2.15. The van der Waals surface area contributed by atoms with Gasteiger partial charge in [-0.15, -0.1) is 0 Å². The first-order chi connectivity index (χ1) is 8.36. The quantitative estimate of drug-likeness (QED) is 0.332. The van der Waals surface area contributed by atoms with E-state index in [0.29, 0.717) is 6.10 Å². The molecular weight excluding hydrogens is 208 g/mol. The monoisotopic (exact) mass is 240 g/mol. The Balaban J connectivity index is 1.96. The van der Waals surface area contributed by atoms with E-state index in [0.717, 1.165) is 12.5 Å². The second-order valence-electron chi connectivity index (χ2n) is 5.74. The van der Waals surface area contributed by atoms with E-state index in [1.807, 2.05) is 0 Å². The van der Waals surface area contributed by atoms with Gasteiger partial charge >= 0.3 is 0 Å². The van der Waals surface area contributed by atoms with Gasteiger partial charge in [0.2, 0.25) is 0 Å². The molecule has 0 aliphatic carbocycles. The van der Waals surface area contributed by atoms with Gasteiger partial charge in [-0.25, -0.2) is 0 Å². The van der Waals surface area contributed by atoms with E-state index in [4.69, 9.17) is 4.74 Å². The van der Waals surface area contributed by atoms with Crippen LogP contribution in [0.5, 0.6) is 0 Å². The van der Waals surface area contributed by atoms with Crippen molar-refractivity contribution in [3.8, 4) is 0 Å². The normalized spacial score (nSPS) is 20.5. The van der Waals surface area contributed by atoms with Gasteiger partial charge in [-0.2, -0.15) is 0 Å². The predicted molar refractivity (Wildman–Crippen MR) is 75.4 cm³/mol. The van der Waals surface area contributed by atoms with Gasteiger partial charge in [0.05, 0.1) is 12.7 Å². The molecule has 0 amide bonds. The molecule has 1 fully saturated rings. The van der Waals surface area contributed by atoms with E-state index in [9.17, 15) is 0 Å². The second kappa shape index (κ2) is 9.94. The zero-order chi connectivity index (χ0) is 12.3. The molecule has 1 aliphatic rings. The third-order valence-electron chi connectivity index (χ3n) is 3.95. The number of epoxide rings is 1. The van der Waals surface area contributed by atoms with Gasteiger partial charge in [0.15, 0.2) is 0 Å². The molecule has 1 aliphatic heterocycles. The molecule has 1 heterocycles. The summed E-state index contributed by atoms with van der Waals surface area (Å²) in [7, 11) is 0. The summed E-state index contributed by atoms with van der Waals surface area (Å²) in [6, 6.07) is 0. The van der Waals surface area contributed by atoms with Crippen molar-refractivity contribution < 1.29 is 4.74 Å². The number of hydrogen-bond donors (Lipinski definition) is 0. The van der Waals surface area contributed by atoms with Crippen molar-refractivity contribution in [2.24, 2.45) is 5.92 Å². The fraction of sp³-hybridized carbons (Fsp3) is 1.00. The molecule has 0 spiro atoms. The third-order valence-corrected chi connectivity index (χ3v) is 3.95. The summed E-state index contributed by atoms with van der Waals surface area (Å²) in [6.45, 7) is 5.66. The highest BCUT2D eigenvalue weighted by Crippen LogP contribution is 2.24. The summed E-state index contributed by atoms with van der Waals surface area (Å²) in [5, 5.41) is 0. The first-order valence-corrected chi connectivity index (χ1v) is 7.98. The Morgan fingerprint density at radius 1 is 0.882 bits per heavy atom. The zero-order valence-electron chi connectivity index (χ0n) is 12.0. The van der Waals surface area contributed by atoms with Crippen LogP contribution in [0, 0.1) is 5.92 Å². The van der Waals surface area contributed by atoms with Gasteiger partial charge in [-0.05, 0) is 12.3 Å². The van der Waals surface area contributed by atoms with Gasteiger partial charge in [0.25, 0.3) is 0 Å². The largest absolute Gasteiger partial charge is 0.373 e. The van der Waals surface area contributed by atoms with Crippen molar-refractivity contribution in [1.82, 2.24) is 0 Å². The summed E-state index contributed by atoms with van der Waals surface area (Å²) in [5.74, 6) is 1.00. The Kier molecular flexibility index (Phi) is 8.78. The number of unbranched alkanes of at least 4 members (excludes halogenated alkanes) is 4. The molecule has 0 saturated carbocycles. The topological polar surface area (TPSA) is 12.5 Å². The Labute approximate surface area is 108 Å².